The third kappa shape index (κ3) is 6.11. The number of nitrogens with one attached hydrogen (secondary N) is 2. The monoisotopic (exact) mass is 736 g/mol. The molecule has 238 valence electrons. The number of aromatic nitrogens is 2. The molecule has 0 saturated carbocycles. The van der Waals surface area contributed by atoms with Crippen LogP contribution in [0.1, 0.15) is 39.2 Å². The maximum absolute atomic E-state index is 13.1. The van der Waals surface area contributed by atoms with E-state index in [1.807, 2.05) is 42.5 Å². The van der Waals surface area contributed by atoms with Gasteiger partial charge in [0.05, 0.1) is 27.3 Å². The maximum Gasteiger partial charge on any atom is 0.324 e. The number of hydrogen-bond donors (Lipinski definition) is 3. The smallest absolute Gasteiger partial charge is 0.324 e. The molecule has 3 N–H and O–H groups in total. The van der Waals surface area contributed by atoms with Crippen LogP contribution in [0.15, 0.2) is 64.5 Å². The van der Waals surface area contributed by atoms with Gasteiger partial charge >= 0.3 is 6.03 Å². The van der Waals surface area contributed by atoms with Crippen LogP contribution in [0.2, 0.25) is 4.47 Å². The summed E-state index contributed by atoms with van der Waals surface area (Å²) >= 11 is 12.5. The second kappa shape index (κ2) is 12.1. The van der Waals surface area contributed by atoms with Gasteiger partial charge in [-0.05, 0) is 79.4 Å². The summed E-state index contributed by atoms with van der Waals surface area (Å²) < 4.78 is 2.48. The number of nitrogens with zero attached hydrogens (tertiary/aromatic N) is 4. The Balaban J connectivity index is 1.31. The largest absolute Gasteiger partial charge is 0.506 e. The highest BCUT2D eigenvalue weighted by atomic mass is 79.9. The van der Waals surface area contributed by atoms with Crippen LogP contribution in [0.25, 0.3) is 20.8 Å². The van der Waals surface area contributed by atoms with E-state index in [1.165, 1.54) is 11.3 Å². The number of anilines is 4. The summed E-state index contributed by atoms with van der Waals surface area (Å²) in [5, 5.41) is 20.0. The van der Waals surface area contributed by atoms with Crippen LogP contribution < -0.4 is 15.5 Å². The van der Waals surface area contributed by atoms with E-state index in [2.05, 4.69) is 68.2 Å². The van der Waals surface area contributed by atoms with E-state index in [4.69, 9.17) is 16.6 Å². The predicted octanol–water partition coefficient (Wildman–Crippen LogP) is 9.72. The minimum Gasteiger partial charge on any atom is -0.506 e. The summed E-state index contributed by atoms with van der Waals surface area (Å²) in [6, 6.07) is 17.3. The average Bonchev–Trinajstić information content (AvgIpc) is 3.70. The molecule has 1 saturated heterocycles. The highest BCUT2D eigenvalue weighted by Gasteiger charge is 2.48. The number of hydrogen-bond acceptors (Lipinski definition) is 8. The molecule has 2 aliphatic rings. The number of para-hydroxylation sites is 2. The van der Waals surface area contributed by atoms with Crippen molar-refractivity contribution in [1.29, 1.82) is 0 Å². The fourth-order valence-electron chi connectivity index (χ4n) is 6.86. The van der Waals surface area contributed by atoms with Crippen LogP contribution in [0.5, 0.6) is 5.75 Å². The van der Waals surface area contributed by atoms with Crippen LogP contribution in [-0.2, 0) is 5.41 Å². The Hall–Kier alpha value is -3.22. The maximum atomic E-state index is 13.1. The van der Waals surface area contributed by atoms with Gasteiger partial charge in [0.1, 0.15) is 16.6 Å². The number of thiazole rings is 2. The van der Waals surface area contributed by atoms with Crippen molar-refractivity contribution in [3.8, 4) is 16.3 Å². The summed E-state index contributed by atoms with van der Waals surface area (Å²) in [7, 11) is 0. The van der Waals surface area contributed by atoms with Crippen molar-refractivity contribution in [2.45, 2.75) is 39.0 Å². The van der Waals surface area contributed by atoms with Crippen LogP contribution in [0.4, 0.5) is 27.7 Å². The number of fused-ring (bicyclic) bond motifs is 3. The molecule has 0 aliphatic carbocycles. The van der Waals surface area contributed by atoms with E-state index >= 15 is 0 Å². The molecule has 0 unspecified atom stereocenters. The van der Waals surface area contributed by atoms with Crippen molar-refractivity contribution >= 4 is 89.3 Å². The molecule has 0 radical (unpaired) electrons. The second-order valence-electron chi connectivity index (χ2n) is 13.3. The predicted molar refractivity (Wildman–Crippen MR) is 194 cm³/mol. The zero-order valence-corrected chi connectivity index (χ0v) is 29.7. The van der Waals surface area contributed by atoms with Crippen LogP contribution in [0, 0.1) is 5.41 Å². The molecule has 2 aliphatic heterocycles. The highest BCUT2D eigenvalue weighted by Crippen LogP contribution is 2.57. The number of phenolic OH excluding ortho intramolecular Hbond substituents is 1. The van der Waals surface area contributed by atoms with Gasteiger partial charge in [0.25, 0.3) is 0 Å². The van der Waals surface area contributed by atoms with Crippen molar-refractivity contribution in [3.63, 3.8) is 0 Å². The van der Waals surface area contributed by atoms with Crippen LogP contribution in [-0.4, -0.2) is 52.2 Å². The molecule has 12 heteroatoms. The first-order valence-electron chi connectivity index (χ1n) is 15.2. The number of phenols is 1. The van der Waals surface area contributed by atoms with Crippen molar-refractivity contribution in [1.82, 2.24) is 14.9 Å². The zero-order valence-electron chi connectivity index (χ0n) is 25.7. The summed E-state index contributed by atoms with van der Waals surface area (Å²) in [5.41, 5.74) is 5.35. The number of amides is 2. The minimum atomic E-state index is -0.419. The number of benzene rings is 3. The molecule has 0 bridgehead atoms. The fourth-order valence-corrected chi connectivity index (χ4v) is 9.11. The minimum absolute atomic E-state index is 0.206. The third-order valence-corrected chi connectivity index (χ3v) is 11.2. The van der Waals surface area contributed by atoms with E-state index in [0.717, 1.165) is 74.7 Å². The summed E-state index contributed by atoms with van der Waals surface area (Å²) in [5.74, 6) is 0.607. The van der Waals surface area contributed by atoms with E-state index in [-0.39, 0.29) is 16.6 Å². The first-order chi connectivity index (χ1) is 22.0. The first kappa shape index (κ1) is 31.4. The fraction of sp³-hybridized carbons (Fsp3) is 0.324. The number of aromatic hydroxyl groups is 1. The van der Waals surface area contributed by atoms with Crippen molar-refractivity contribution in [2.75, 3.05) is 41.7 Å². The van der Waals surface area contributed by atoms with E-state index < -0.39 is 6.03 Å². The van der Waals surface area contributed by atoms with Crippen molar-refractivity contribution in [2.24, 2.45) is 5.41 Å². The third-order valence-electron chi connectivity index (χ3n) is 8.67. The number of rotatable bonds is 5. The Bertz CT molecular complexity index is 1950. The lowest BCUT2D eigenvalue weighted by molar-refractivity contribution is 0.125. The van der Waals surface area contributed by atoms with Gasteiger partial charge in [0, 0.05) is 33.9 Å². The summed E-state index contributed by atoms with van der Waals surface area (Å²) in [6.07, 6.45) is 1.89. The molecule has 2 amide bonds. The Kier molecular flexibility index (Phi) is 8.25. The van der Waals surface area contributed by atoms with Crippen molar-refractivity contribution in [3.05, 3.63) is 74.5 Å². The molecule has 3 aromatic carbocycles. The SMILES string of the molecule is CC(C)(C)CN1CCC2(CC1)CN(c1ccccc1NC(=O)Nc1csc(Cl)n1)c1c(O)ccc(-c3nc4ccc(Br)cc4s3)c12. The standard InChI is InChI=1S/C34H34BrClN6O2S2/c1-33(2,3)18-41-14-12-34(13-15-41)19-42(24-7-5-4-6-22(24)38-32(44)40-27-17-45-31(36)39-27)29-25(43)11-9-21(28(29)34)30-37-23-10-8-20(35)16-26(23)46-30/h4-11,16-17,43H,12-15,18-19H2,1-3H3,(H2,38,40,44). The number of carbonyl (C=O) groups is 1. The molecular weight excluding hydrogens is 704 g/mol. The molecule has 0 atom stereocenters. The lowest BCUT2D eigenvalue weighted by atomic mass is 9.72. The van der Waals surface area contributed by atoms with Crippen LogP contribution >= 0.6 is 50.2 Å². The molecule has 4 heterocycles. The van der Waals surface area contributed by atoms with Gasteiger partial charge in [-0.3, -0.25) is 5.32 Å². The van der Waals surface area contributed by atoms with E-state index in [9.17, 15) is 9.90 Å². The lowest BCUT2D eigenvalue weighted by Gasteiger charge is -2.42. The topological polar surface area (TPSA) is 93.6 Å². The Morgan fingerprint density at radius 1 is 1.09 bits per heavy atom. The Labute approximate surface area is 289 Å². The molecule has 46 heavy (non-hydrogen) atoms. The lowest BCUT2D eigenvalue weighted by Crippen LogP contribution is -2.47. The highest BCUT2D eigenvalue weighted by molar-refractivity contribution is 9.10. The number of piperidine rings is 1. The van der Waals surface area contributed by atoms with Gasteiger partial charge in [-0.25, -0.2) is 14.8 Å². The van der Waals surface area contributed by atoms with Crippen LogP contribution in [0.3, 0.4) is 0 Å². The number of likely N-dealkylation sites (tertiary alicyclic amines) is 1. The number of carbonyl (C=O) groups excluding carboxylic acids is 1. The Morgan fingerprint density at radius 3 is 2.61 bits per heavy atom. The number of urea groups is 1. The second-order valence-corrected chi connectivity index (χ2v) is 16.7. The molecule has 7 rings (SSSR count). The quantitative estimate of drug-likeness (QED) is 0.166. The Morgan fingerprint density at radius 2 is 1.87 bits per heavy atom. The molecule has 8 nitrogen and oxygen atoms in total. The number of halogens is 2. The van der Waals surface area contributed by atoms with Gasteiger partial charge in [-0.15, -0.1) is 22.7 Å². The normalized spacial score (nSPS) is 16.2. The molecular formula is C34H34BrClN6O2S2. The van der Waals surface area contributed by atoms with E-state index in [1.54, 1.807) is 22.8 Å². The molecule has 5 aromatic rings. The van der Waals surface area contributed by atoms with Gasteiger partial charge in [-0.2, -0.15) is 0 Å². The molecule has 2 aromatic heterocycles. The first-order valence-corrected chi connectivity index (χ1v) is 18.1. The summed E-state index contributed by atoms with van der Waals surface area (Å²) in [6.45, 7) is 10.5. The average molecular weight is 738 g/mol. The van der Waals surface area contributed by atoms with Gasteiger partial charge in [0.2, 0.25) is 0 Å². The van der Waals surface area contributed by atoms with Gasteiger partial charge in [0.15, 0.2) is 4.47 Å². The molecule has 1 spiro atoms. The summed E-state index contributed by atoms with van der Waals surface area (Å²) in [4.78, 5) is 27.0. The van der Waals surface area contributed by atoms with Gasteiger partial charge < -0.3 is 20.2 Å². The molecule has 1 fully saturated rings. The van der Waals surface area contributed by atoms with E-state index in [0.29, 0.717) is 22.5 Å². The zero-order chi connectivity index (χ0) is 32.2. The van der Waals surface area contributed by atoms with Gasteiger partial charge in [-0.1, -0.05) is 60.4 Å². The van der Waals surface area contributed by atoms with Crippen molar-refractivity contribution < 1.29 is 9.90 Å².